The molecule has 564 valence electrons. The fraction of sp³-hybridized carbons (Fsp3) is 0.870. The van der Waals surface area contributed by atoms with Gasteiger partial charge in [-0.25, -0.2) is 9.13 Å². The van der Waals surface area contributed by atoms with Gasteiger partial charge < -0.3 is 33.8 Å². The molecule has 96 heavy (non-hydrogen) atoms. The number of aliphatic hydroxyl groups excluding tert-OH is 1. The molecule has 5 unspecified atom stereocenters. The summed E-state index contributed by atoms with van der Waals surface area (Å²) < 4.78 is 68.5. The Kier molecular flexibility index (Phi) is 68.7. The third kappa shape index (κ3) is 69.7. The number of carbonyl (C=O) groups is 4. The molecule has 0 saturated heterocycles. The molecule has 0 bridgehead atoms. The average Bonchev–Trinajstić information content (AvgIpc) is 1.09. The molecule has 0 amide bonds. The molecule has 0 rings (SSSR count). The van der Waals surface area contributed by atoms with E-state index in [9.17, 15) is 43.2 Å². The maximum atomic E-state index is 13.1. The SMILES string of the molecule is CCCCC/C=C\C/C=C\CCCCCCCC(=O)OCC(COP(=O)(O)OCC(O)COP(=O)(O)OCC(COC(=O)CCCCCCC/C=C\CCCCCCCC)OC(=O)CCCCCCCCCCCCC)OC(=O)CCCCCCCCCCCCCCCCC. The zero-order chi connectivity index (χ0) is 70.4. The van der Waals surface area contributed by atoms with Gasteiger partial charge in [-0.2, -0.15) is 0 Å². The Balaban J connectivity index is 5.29. The second kappa shape index (κ2) is 70.7. The Morgan fingerprint density at radius 3 is 0.802 bits per heavy atom. The first-order valence-electron chi connectivity index (χ1n) is 39.2. The van der Waals surface area contributed by atoms with Crippen LogP contribution in [-0.4, -0.2) is 96.7 Å². The molecule has 0 spiro atoms. The number of unbranched alkanes of at least 4 members (excludes halogenated alkanes) is 43. The highest BCUT2D eigenvalue weighted by molar-refractivity contribution is 7.47. The topological polar surface area (TPSA) is 237 Å². The number of phosphoric ester groups is 2. The lowest BCUT2D eigenvalue weighted by Gasteiger charge is -2.21. The first-order valence-corrected chi connectivity index (χ1v) is 42.2. The minimum atomic E-state index is -4.97. The highest BCUT2D eigenvalue weighted by atomic mass is 31.2. The van der Waals surface area contributed by atoms with Crippen LogP contribution in [0.25, 0.3) is 0 Å². The third-order valence-electron chi connectivity index (χ3n) is 17.1. The van der Waals surface area contributed by atoms with Crippen molar-refractivity contribution >= 4 is 39.5 Å². The van der Waals surface area contributed by atoms with Crippen molar-refractivity contribution in [2.24, 2.45) is 0 Å². The van der Waals surface area contributed by atoms with Crippen LogP contribution in [0.1, 0.15) is 374 Å². The van der Waals surface area contributed by atoms with Gasteiger partial charge in [-0.1, -0.05) is 302 Å². The lowest BCUT2D eigenvalue weighted by atomic mass is 10.0. The van der Waals surface area contributed by atoms with Gasteiger partial charge in [0.1, 0.15) is 19.3 Å². The van der Waals surface area contributed by atoms with Crippen LogP contribution in [0.15, 0.2) is 36.5 Å². The number of allylic oxidation sites excluding steroid dienone is 6. The monoisotopic (exact) mass is 1400 g/mol. The number of esters is 4. The molecular formula is C77H144O17P2. The lowest BCUT2D eigenvalue weighted by Crippen LogP contribution is -2.30. The van der Waals surface area contributed by atoms with E-state index in [-0.39, 0.29) is 25.7 Å². The van der Waals surface area contributed by atoms with Gasteiger partial charge in [-0.3, -0.25) is 37.3 Å². The van der Waals surface area contributed by atoms with Crippen molar-refractivity contribution in [1.29, 1.82) is 0 Å². The van der Waals surface area contributed by atoms with E-state index in [1.165, 1.54) is 161 Å². The van der Waals surface area contributed by atoms with Crippen LogP contribution in [0.3, 0.4) is 0 Å². The maximum Gasteiger partial charge on any atom is 0.472 e. The minimum Gasteiger partial charge on any atom is -0.462 e. The minimum absolute atomic E-state index is 0.101. The van der Waals surface area contributed by atoms with Crippen LogP contribution in [-0.2, 0) is 65.4 Å². The molecule has 0 saturated carbocycles. The van der Waals surface area contributed by atoms with E-state index < -0.39 is 97.5 Å². The van der Waals surface area contributed by atoms with Gasteiger partial charge in [0.25, 0.3) is 0 Å². The van der Waals surface area contributed by atoms with E-state index in [4.69, 9.17) is 37.0 Å². The molecule has 19 heteroatoms. The lowest BCUT2D eigenvalue weighted by molar-refractivity contribution is -0.161. The Labute approximate surface area is 585 Å². The van der Waals surface area contributed by atoms with Crippen LogP contribution >= 0.6 is 15.6 Å². The molecular weight excluding hydrogens is 1260 g/mol. The largest absolute Gasteiger partial charge is 0.472 e. The summed E-state index contributed by atoms with van der Waals surface area (Å²) in [6, 6.07) is 0. The molecule has 0 aromatic carbocycles. The van der Waals surface area contributed by atoms with E-state index in [1.807, 2.05) is 0 Å². The van der Waals surface area contributed by atoms with Crippen LogP contribution in [0.2, 0.25) is 0 Å². The predicted molar refractivity (Wildman–Crippen MR) is 391 cm³/mol. The van der Waals surface area contributed by atoms with E-state index in [1.54, 1.807) is 0 Å². The first-order chi connectivity index (χ1) is 46.7. The average molecular weight is 1400 g/mol. The number of aliphatic hydroxyl groups is 1. The third-order valence-corrected chi connectivity index (χ3v) is 19.0. The number of ether oxygens (including phenoxy) is 4. The molecule has 17 nitrogen and oxygen atoms in total. The quantitative estimate of drug-likeness (QED) is 0.0169. The maximum absolute atomic E-state index is 13.1. The van der Waals surface area contributed by atoms with Crippen molar-refractivity contribution < 1.29 is 80.2 Å². The molecule has 0 aromatic rings. The molecule has 0 aliphatic heterocycles. The first kappa shape index (κ1) is 93.3. The number of phosphoric acid groups is 2. The zero-order valence-corrected chi connectivity index (χ0v) is 63.4. The summed E-state index contributed by atoms with van der Waals surface area (Å²) in [6.07, 6.45) is 65.5. The van der Waals surface area contributed by atoms with Crippen molar-refractivity contribution in [1.82, 2.24) is 0 Å². The molecule has 0 aliphatic carbocycles. The summed E-state index contributed by atoms with van der Waals surface area (Å²) in [5.74, 6) is -2.16. The predicted octanol–water partition coefficient (Wildman–Crippen LogP) is 22.3. The molecule has 0 radical (unpaired) electrons. The Morgan fingerprint density at radius 2 is 0.510 bits per heavy atom. The van der Waals surface area contributed by atoms with Gasteiger partial charge in [0, 0.05) is 25.7 Å². The zero-order valence-electron chi connectivity index (χ0n) is 61.6. The van der Waals surface area contributed by atoms with Crippen molar-refractivity contribution in [3.63, 3.8) is 0 Å². The van der Waals surface area contributed by atoms with Crippen LogP contribution in [0, 0.1) is 0 Å². The molecule has 0 fully saturated rings. The number of carbonyl (C=O) groups excluding carboxylic acids is 4. The van der Waals surface area contributed by atoms with E-state index in [0.717, 1.165) is 135 Å². The molecule has 0 aromatic heterocycles. The van der Waals surface area contributed by atoms with Crippen molar-refractivity contribution in [2.75, 3.05) is 39.6 Å². The van der Waals surface area contributed by atoms with Crippen molar-refractivity contribution in [3.8, 4) is 0 Å². The van der Waals surface area contributed by atoms with Crippen molar-refractivity contribution in [3.05, 3.63) is 36.5 Å². The highest BCUT2D eigenvalue weighted by Gasteiger charge is 2.30. The number of rotatable bonds is 75. The van der Waals surface area contributed by atoms with Crippen LogP contribution in [0.4, 0.5) is 0 Å². The van der Waals surface area contributed by atoms with Crippen LogP contribution in [0.5, 0.6) is 0 Å². The van der Waals surface area contributed by atoms with E-state index in [2.05, 4.69) is 64.2 Å². The summed E-state index contributed by atoms with van der Waals surface area (Å²) in [5.41, 5.74) is 0. The van der Waals surface area contributed by atoms with Crippen molar-refractivity contribution in [2.45, 2.75) is 393 Å². The smallest absolute Gasteiger partial charge is 0.462 e. The molecule has 0 heterocycles. The second-order valence-electron chi connectivity index (χ2n) is 26.7. The highest BCUT2D eigenvalue weighted by Crippen LogP contribution is 2.45. The summed E-state index contributed by atoms with van der Waals surface area (Å²) >= 11 is 0. The molecule has 5 atom stereocenters. The summed E-state index contributed by atoms with van der Waals surface area (Å²) in [4.78, 5) is 72.8. The Hall–Kier alpha value is -2.72. The summed E-state index contributed by atoms with van der Waals surface area (Å²) in [5, 5.41) is 10.6. The summed E-state index contributed by atoms with van der Waals surface area (Å²) in [7, 11) is -9.93. The summed E-state index contributed by atoms with van der Waals surface area (Å²) in [6.45, 7) is 4.89. The Morgan fingerprint density at radius 1 is 0.292 bits per heavy atom. The van der Waals surface area contributed by atoms with E-state index >= 15 is 0 Å². The standard InChI is InChI=1S/C77H144O17P2/c1-5-9-13-17-21-25-29-32-35-38-42-45-49-53-57-61-74(79)87-67-72(93-76(81)63-59-55-51-47-41-28-24-20-16-12-8-4)69-91-95(83,84)89-65-71(78)66-90-96(85,86)92-70-73(94-77(82)64-60-56-52-48-44-40-37-34-31-27-23-19-15-11-7-3)68-88-75(80)62-58-54-50-46-43-39-36-33-30-26-22-18-14-10-6-2/h22,26,32-33,35-36,71-73,78H,5-21,23-25,27-31,34,37-70H2,1-4H3,(H,83,84)(H,85,86)/b26-22-,35-32-,36-33-. The molecule has 0 aliphatic rings. The fourth-order valence-corrected chi connectivity index (χ4v) is 12.7. The van der Waals surface area contributed by atoms with Gasteiger partial charge in [0.05, 0.1) is 26.4 Å². The normalized spacial score (nSPS) is 14.1. The van der Waals surface area contributed by atoms with Gasteiger partial charge >= 0.3 is 39.5 Å². The van der Waals surface area contributed by atoms with Gasteiger partial charge in [-0.05, 0) is 83.5 Å². The van der Waals surface area contributed by atoms with Gasteiger partial charge in [0.2, 0.25) is 0 Å². The van der Waals surface area contributed by atoms with Gasteiger partial charge in [-0.15, -0.1) is 0 Å². The number of hydrogen-bond donors (Lipinski definition) is 3. The molecule has 3 N–H and O–H groups in total. The van der Waals surface area contributed by atoms with Gasteiger partial charge in [0.15, 0.2) is 12.2 Å². The fourth-order valence-electron chi connectivity index (χ4n) is 11.1. The van der Waals surface area contributed by atoms with Crippen LogP contribution < -0.4 is 0 Å². The number of hydrogen-bond acceptors (Lipinski definition) is 15. The second-order valence-corrected chi connectivity index (χ2v) is 29.6. The Bertz CT molecular complexity index is 1970. The van der Waals surface area contributed by atoms with E-state index in [0.29, 0.717) is 25.7 Å².